The first-order valence-electron chi connectivity index (χ1n) is 3.83. The number of rotatable bonds is 3. The summed E-state index contributed by atoms with van der Waals surface area (Å²) in [6, 6.07) is 10.1. The standard InChI is InChI=1S/C9H11NS3/c11-6-10-9(13-7-12)8-4-2-1-3-5-8/h1-5,11-12H,6-7H2. The number of nitrogens with zero attached hydrogens (tertiary/aromatic N) is 1. The molecule has 0 bridgehead atoms. The zero-order valence-electron chi connectivity index (χ0n) is 7.05. The maximum Gasteiger partial charge on any atom is 0.0994 e. The lowest BCUT2D eigenvalue weighted by molar-refractivity contribution is 1.40. The van der Waals surface area contributed by atoms with Crippen molar-refractivity contribution in [1.29, 1.82) is 0 Å². The lowest BCUT2D eigenvalue weighted by atomic mass is 10.2. The number of hydrogen-bond acceptors (Lipinski definition) is 4. The minimum absolute atomic E-state index is 0.519. The molecule has 0 amide bonds. The summed E-state index contributed by atoms with van der Waals surface area (Å²) in [5, 5.41) is 1.74. The van der Waals surface area contributed by atoms with Gasteiger partial charge >= 0.3 is 0 Å². The Morgan fingerprint density at radius 2 is 1.92 bits per heavy atom. The molecule has 0 radical (unpaired) electrons. The first-order valence-corrected chi connectivity index (χ1v) is 6.08. The number of hydrogen-bond donors (Lipinski definition) is 2. The monoisotopic (exact) mass is 229 g/mol. The molecule has 1 aromatic carbocycles. The second kappa shape index (κ2) is 6.40. The minimum Gasteiger partial charge on any atom is -0.267 e. The third-order valence-corrected chi connectivity index (χ3v) is 2.73. The molecule has 0 atom stereocenters. The van der Waals surface area contributed by atoms with Crippen LogP contribution < -0.4 is 0 Å². The van der Waals surface area contributed by atoms with Crippen LogP contribution in [0, 0.1) is 0 Å². The maximum absolute atomic E-state index is 4.28. The van der Waals surface area contributed by atoms with Gasteiger partial charge in [0.25, 0.3) is 0 Å². The Kier molecular flexibility index (Phi) is 5.43. The second-order valence-corrected chi connectivity index (χ2v) is 4.24. The summed E-state index contributed by atoms with van der Waals surface area (Å²) in [6.07, 6.45) is 0. The zero-order chi connectivity index (χ0) is 9.52. The van der Waals surface area contributed by atoms with Crippen molar-refractivity contribution < 1.29 is 0 Å². The molecule has 0 saturated carbocycles. The van der Waals surface area contributed by atoms with E-state index in [9.17, 15) is 0 Å². The van der Waals surface area contributed by atoms with Crippen molar-refractivity contribution in [2.75, 3.05) is 11.0 Å². The summed E-state index contributed by atoms with van der Waals surface area (Å²) in [6.45, 7) is 0. The van der Waals surface area contributed by atoms with Gasteiger partial charge in [0.15, 0.2) is 0 Å². The van der Waals surface area contributed by atoms with Crippen LogP contribution in [0.25, 0.3) is 0 Å². The van der Waals surface area contributed by atoms with E-state index < -0.39 is 0 Å². The Morgan fingerprint density at radius 3 is 2.46 bits per heavy atom. The van der Waals surface area contributed by atoms with Gasteiger partial charge in [-0.25, -0.2) is 0 Å². The highest BCUT2D eigenvalue weighted by Crippen LogP contribution is 2.14. The summed E-state index contributed by atoms with van der Waals surface area (Å²) < 4.78 is 0. The van der Waals surface area contributed by atoms with E-state index in [4.69, 9.17) is 0 Å². The molecular formula is C9H11NS3. The van der Waals surface area contributed by atoms with E-state index in [0.717, 1.165) is 15.7 Å². The van der Waals surface area contributed by atoms with Gasteiger partial charge in [0.1, 0.15) is 0 Å². The third kappa shape index (κ3) is 3.67. The predicted octanol–water partition coefficient (Wildman–Crippen LogP) is 2.94. The lowest BCUT2D eigenvalue weighted by Crippen LogP contribution is -1.95. The van der Waals surface area contributed by atoms with Gasteiger partial charge in [-0.2, -0.15) is 25.3 Å². The molecule has 0 fully saturated rings. The molecule has 70 valence electrons. The van der Waals surface area contributed by atoms with Gasteiger partial charge in [0, 0.05) is 10.6 Å². The van der Waals surface area contributed by atoms with Crippen LogP contribution >= 0.6 is 37.0 Å². The highest BCUT2D eigenvalue weighted by molar-refractivity contribution is 8.20. The molecule has 0 heterocycles. The van der Waals surface area contributed by atoms with Crippen LogP contribution in [-0.2, 0) is 0 Å². The third-order valence-electron chi connectivity index (χ3n) is 1.44. The van der Waals surface area contributed by atoms with Crippen LogP contribution in [0.2, 0.25) is 0 Å². The number of thioether (sulfide) groups is 1. The average Bonchev–Trinajstić information content (AvgIpc) is 2.19. The molecule has 0 aliphatic heterocycles. The Balaban J connectivity index is 2.83. The van der Waals surface area contributed by atoms with Crippen LogP contribution in [0.3, 0.4) is 0 Å². The van der Waals surface area contributed by atoms with Gasteiger partial charge in [0.05, 0.1) is 10.9 Å². The Morgan fingerprint density at radius 1 is 1.23 bits per heavy atom. The number of benzene rings is 1. The van der Waals surface area contributed by atoms with Crippen molar-refractivity contribution in [3.8, 4) is 0 Å². The smallest absolute Gasteiger partial charge is 0.0994 e. The summed E-state index contributed by atoms with van der Waals surface area (Å²) in [5.74, 6) is 0.519. The summed E-state index contributed by atoms with van der Waals surface area (Å²) in [5.41, 5.74) is 1.13. The van der Waals surface area contributed by atoms with Gasteiger partial charge in [-0.1, -0.05) is 42.1 Å². The van der Waals surface area contributed by atoms with E-state index in [1.54, 1.807) is 11.8 Å². The normalized spacial score (nSPS) is 11.7. The topological polar surface area (TPSA) is 12.4 Å². The van der Waals surface area contributed by atoms with Crippen molar-refractivity contribution >= 4 is 42.1 Å². The maximum atomic E-state index is 4.28. The van der Waals surface area contributed by atoms with Gasteiger partial charge in [-0.3, -0.25) is 4.99 Å². The van der Waals surface area contributed by atoms with Crippen LogP contribution in [0.5, 0.6) is 0 Å². The first-order chi connectivity index (χ1) is 6.38. The highest BCUT2D eigenvalue weighted by atomic mass is 32.2. The molecule has 0 aromatic heterocycles. The Bertz CT molecular complexity index is 271. The predicted molar refractivity (Wildman–Crippen MR) is 68.3 cm³/mol. The van der Waals surface area contributed by atoms with Crippen molar-refractivity contribution in [3.63, 3.8) is 0 Å². The van der Waals surface area contributed by atoms with Crippen LogP contribution in [0.15, 0.2) is 35.3 Å². The van der Waals surface area contributed by atoms with Crippen molar-refractivity contribution in [2.45, 2.75) is 0 Å². The molecule has 1 aromatic rings. The quantitative estimate of drug-likeness (QED) is 0.351. The van der Waals surface area contributed by atoms with Gasteiger partial charge < -0.3 is 0 Å². The molecule has 0 aliphatic carbocycles. The molecule has 0 N–H and O–H groups in total. The molecule has 0 aliphatic rings. The number of thiol groups is 2. The summed E-state index contributed by atoms with van der Waals surface area (Å²) in [4.78, 5) is 4.28. The fraction of sp³-hybridized carbons (Fsp3) is 0.222. The average molecular weight is 229 g/mol. The zero-order valence-corrected chi connectivity index (χ0v) is 9.66. The van der Waals surface area contributed by atoms with Gasteiger partial charge in [-0.05, 0) is 0 Å². The molecule has 0 unspecified atom stereocenters. The van der Waals surface area contributed by atoms with Crippen LogP contribution in [0.4, 0.5) is 0 Å². The summed E-state index contributed by atoms with van der Waals surface area (Å²) in [7, 11) is 0. The van der Waals surface area contributed by atoms with Crippen LogP contribution in [-0.4, -0.2) is 16.0 Å². The SMILES string of the molecule is SCN=C(SCS)c1ccccc1. The van der Waals surface area contributed by atoms with E-state index in [1.165, 1.54) is 0 Å². The Hall–Kier alpha value is -0.0600. The van der Waals surface area contributed by atoms with E-state index >= 15 is 0 Å². The van der Waals surface area contributed by atoms with Crippen molar-refractivity contribution in [1.82, 2.24) is 0 Å². The van der Waals surface area contributed by atoms with Gasteiger partial charge in [-0.15, -0.1) is 0 Å². The molecular weight excluding hydrogens is 218 g/mol. The molecule has 13 heavy (non-hydrogen) atoms. The molecule has 0 spiro atoms. The van der Waals surface area contributed by atoms with E-state index in [-0.39, 0.29) is 0 Å². The first kappa shape index (κ1) is 11.0. The minimum atomic E-state index is 0.519. The fourth-order valence-electron chi connectivity index (χ4n) is 0.926. The van der Waals surface area contributed by atoms with Crippen LogP contribution in [0.1, 0.15) is 5.56 Å². The number of aliphatic imine (C=N–C) groups is 1. The molecule has 1 rings (SSSR count). The highest BCUT2D eigenvalue weighted by Gasteiger charge is 2.00. The van der Waals surface area contributed by atoms with Crippen molar-refractivity contribution in [3.05, 3.63) is 35.9 Å². The van der Waals surface area contributed by atoms with E-state index in [2.05, 4.69) is 30.2 Å². The largest absolute Gasteiger partial charge is 0.267 e. The molecule has 4 heteroatoms. The van der Waals surface area contributed by atoms with E-state index in [1.807, 2.05) is 30.3 Å². The lowest BCUT2D eigenvalue weighted by Gasteiger charge is -2.02. The van der Waals surface area contributed by atoms with E-state index in [0.29, 0.717) is 5.88 Å². The summed E-state index contributed by atoms with van der Waals surface area (Å²) >= 11 is 9.86. The molecule has 1 nitrogen and oxygen atoms in total. The Labute approximate surface area is 93.9 Å². The second-order valence-electron chi connectivity index (χ2n) is 2.24. The molecule has 0 saturated heterocycles. The fourth-order valence-corrected chi connectivity index (χ4v) is 2.11. The van der Waals surface area contributed by atoms with Gasteiger partial charge in [0.2, 0.25) is 0 Å². The van der Waals surface area contributed by atoms with Crippen molar-refractivity contribution in [2.24, 2.45) is 4.99 Å².